The molecule has 0 bridgehead atoms. The van der Waals surface area contributed by atoms with Crippen LogP contribution in [0.25, 0.3) is 0 Å². The molecule has 0 saturated carbocycles. The Hall–Kier alpha value is -0.610. The SMILES string of the molecule is CCOC(=O)CNCC(C)N1CCCC1. The lowest BCUT2D eigenvalue weighted by molar-refractivity contribution is -0.142. The summed E-state index contributed by atoms with van der Waals surface area (Å²) in [6.07, 6.45) is 2.62. The lowest BCUT2D eigenvalue weighted by atomic mass is 10.3. The molecular formula is C11H22N2O2. The van der Waals surface area contributed by atoms with Crippen LogP contribution in [0.3, 0.4) is 0 Å². The molecule has 0 aliphatic carbocycles. The van der Waals surface area contributed by atoms with E-state index in [-0.39, 0.29) is 5.97 Å². The number of carbonyl (C=O) groups is 1. The second-order valence-electron chi connectivity index (χ2n) is 4.03. The summed E-state index contributed by atoms with van der Waals surface area (Å²) >= 11 is 0. The van der Waals surface area contributed by atoms with E-state index in [9.17, 15) is 4.79 Å². The first-order valence-corrected chi connectivity index (χ1v) is 5.84. The average molecular weight is 214 g/mol. The number of ether oxygens (including phenoxy) is 1. The number of nitrogens with one attached hydrogen (secondary N) is 1. The molecule has 4 heteroatoms. The third-order valence-electron chi connectivity index (χ3n) is 2.78. The van der Waals surface area contributed by atoms with Crippen molar-refractivity contribution >= 4 is 5.97 Å². The van der Waals surface area contributed by atoms with Crippen molar-refractivity contribution in [2.24, 2.45) is 0 Å². The molecule has 1 aliphatic rings. The highest BCUT2D eigenvalue weighted by Gasteiger charge is 2.17. The summed E-state index contributed by atoms with van der Waals surface area (Å²) in [5, 5.41) is 3.13. The number of rotatable bonds is 6. The van der Waals surface area contributed by atoms with E-state index in [2.05, 4.69) is 17.1 Å². The fraction of sp³-hybridized carbons (Fsp3) is 0.909. The number of hydrogen-bond donors (Lipinski definition) is 1. The van der Waals surface area contributed by atoms with Crippen LogP contribution >= 0.6 is 0 Å². The van der Waals surface area contributed by atoms with Gasteiger partial charge < -0.3 is 10.1 Å². The Labute approximate surface area is 92.0 Å². The first-order chi connectivity index (χ1) is 7.24. The van der Waals surface area contributed by atoms with Gasteiger partial charge in [0.15, 0.2) is 0 Å². The Morgan fingerprint density at radius 2 is 2.13 bits per heavy atom. The van der Waals surface area contributed by atoms with Crippen molar-refractivity contribution in [1.29, 1.82) is 0 Å². The minimum absolute atomic E-state index is 0.161. The maximum absolute atomic E-state index is 11.0. The van der Waals surface area contributed by atoms with Crippen LogP contribution in [0.1, 0.15) is 26.7 Å². The molecule has 1 heterocycles. The Morgan fingerprint density at radius 1 is 1.47 bits per heavy atom. The van der Waals surface area contributed by atoms with E-state index in [1.54, 1.807) is 0 Å². The maximum Gasteiger partial charge on any atom is 0.319 e. The second-order valence-corrected chi connectivity index (χ2v) is 4.03. The monoisotopic (exact) mass is 214 g/mol. The number of esters is 1. The first-order valence-electron chi connectivity index (χ1n) is 5.84. The van der Waals surface area contributed by atoms with Gasteiger partial charge in [-0.05, 0) is 39.8 Å². The predicted molar refractivity (Wildman–Crippen MR) is 59.8 cm³/mol. The van der Waals surface area contributed by atoms with Gasteiger partial charge in [-0.2, -0.15) is 0 Å². The van der Waals surface area contributed by atoms with Crippen molar-refractivity contribution in [1.82, 2.24) is 10.2 Å². The molecule has 0 radical (unpaired) electrons. The molecular weight excluding hydrogens is 192 g/mol. The van der Waals surface area contributed by atoms with Crippen LogP contribution in [-0.4, -0.2) is 49.7 Å². The zero-order chi connectivity index (χ0) is 11.1. The molecule has 88 valence electrons. The van der Waals surface area contributed by atoms with Gasteiger partial charge >= 0.3 is 5.97 Å². The van der Waals surface area contributed by atoms with Crippen LogP contribution < -0.4 is 5.32 Å². The molecule has 0 aromatic heterocycles. The van der Waals surface area contributed by atoms with E-state index in [0.29, 0.717) is 19.2 Å². The highest BCUT2D eigenvalue weighted by atomic mass is 16.5. The summed E-state index contributed by atoms with van der Waals surface area (Å²) < 4.78 is 4.83. The van der Waals surface area contributed by atoms with E-state index in [1.165, 1.54) is 25.9 Å². The topological polar surface area (TPSA) is 41.6 Å². The minimum atomic E-state index is -0.161. The third-order valence-corrected chi connectivity index (χ3v) is 2.78. The van der Waals surface area contributed by atoms with Crippen molar-refractivity contribution in [3.05, 3.63) is 0 Å². The first kappa shape index (κ1) is 12.5. The van der Waals surface area contributed by atoms with Gasteiger partial charge in [0, 0.05) is 12.6 Å². The van der Waals surface area contributed by atoms with Crippen LogP contribution in [0, 0.1) is 0 Å². The fourth-order valence-corrected chi connectivity index (χ4v) is 1.91. The third kappa shape index (κ3) is 4.62. The van der Waals surface area contributed by atoms with Crippen molar-refractivity contribution in [2.45, 2.75) is 32.7 Å². The minimum Gasteiger partial charge on any atom is -0.465 e. The van der Waals surface area contributed by atoms with Crippen LogP contribution in [0.4, 0.5) is 0 Å². The zero-order valence-electron chi connectivity index (χ0n) is 9.79. The molecule has 0 amide bonds. The molecule has 1 atom stereocenters. The normalized spacial score (nSPS) is 19.1. The van der Waals surface area contributed by atoms with Crippen molar-refractivity contribution in [3.8, 4) is 0 Å². The van der Waals surface area contributed by atoms with E-state index < -0.39 is 0 Å². The summed E-state index contributed by atoms with van der Waals surface area (Å²) in [5.74, 6) is -0.161. The van der Waals surface area contributed by atoms with Crippen LogP contribution in [-0.2, 0) is 9.53 Å². The Bertz CT molecular complexity index is 191. The molecule has 4 nitrogen and oxygen atoms in total. The maximum atomic E-state index is 11.0. The molecule has 1 unspecified atom stereocenters. The van der Waals surface area contributed by atoms with Gasteiger partial charge in [0.25, 0.3) is 0 Å². The Kier molecular flexibility index (Phi) is 5.65. The van der Waals surface area contributed by atoms with Gasteiger partial charge in [-0.1, -0.05) is 0 Å². The zero-order valence-corrected chi connectivity index (χ0v) is 9.79. The van der Waals surface area contributed by atoms with E-state index in [1.807, 2.05) is 6.92 Å². The van der Waals surface area contributed by atoms with Crippen molar-refractivity contribution < 1.29 is 9.53 Å². The van der Waals surface area contributed by atoms with Gasteiger partial charge in [-0.25, -0.2) is 0 Å². The van der Waals surface area contributed by atoms with Crippen molar-refractivity contribution in [3.63, 3.8) is 0 Å². The van der Waals surface area contributed by atoms with Gasteiger partial charge in [0.05, 0.1) is 13.2 Å². The molecule has 1 fully saturated rings. The Balaban J connectivity index is 2.05. The number of carbonyl (C=O) groups excluding carboxylic acids is 1. The fourth-order valence-electron chi connectivity index (χ4n) is 1.91. The molecule has 0 aromatic rings. The predicted octanol–water partition coefficient (Wildman–Crippen LogP) is 0.623. The Morgan fingerprint density at radius 3 is 2.73 bits per heavy atom. The quantitative estimate of drug-likeness (QED) is 0.658. The summed E-state index contributed by atoms with van der Waals surface area (Å²) in [7, 11) is 0. The summed E-state index contributed by atoms with van der Waals surface area (Å²) in [6, 6.07) is 0.516. The van der Waals surface area contributed by atoms with Crippen LogP contribution in [0.15, 0.2) is 0 Å². The van der Waals surface area contributed by atoms with Gasteiger partial charge in [0.1, 0.15) is 0 Å². The molecule has 1 N–H and O–H groups in total. The van der Waals surface area contributed by atoms with Gasteiger partial charge in [-0.3, -0.25) is 9.69 Å². The second kappa shape index (κ2) is 6.80. The summed E-state index contributed by atoms with van der Waals surface area (Å²) in [5.41, 5.74) is 0. The van der Waals surface area contributed by atoms with Gasteiger partial charge in [-0.15, -0.1) is 0 Å². The lowest BCUT2D eigenvalue weighted by Gasteiger charge is -2.23. The lowest BCUT2D eigenvalue weighted by Crippen LogP contribution is -2.40. The molecule has 1 rings (SSSR count). The highest BCUT2D eigenvalue weighted by molar-refractivity contribution is 5.71. The average Bonchev–Trinajstić information content (AvgIpc) is 2.70. The standard InChI is InChI=1S/C11H22N2O2/c1-3-15-11(14)9-12-8-10(2)13-6-4-5-7-13/h10,12H,3-9H2,1-2H3. The summed E-state index contributed by atoms with van der Waals surface area (Å²) in [4.78, 5) is 13.5. The van der Waals surface area contributed by atoms with Gasteiger partial charge in [0.2, 0.25) is 0 Å². The smallest absolute Gasteiger partial charge is 0.319 e. The van der Waals surface area contributed by atoms with Crippen LogP contribution in [0.2, 0.25) is 0 Å². The highest BCUT2D eigenvalue weighted by Crippen LogP contribution is 2.10. The number of likely N-dealkylation sites (tertiary alicyclic amines) is 1. The van der Waals surface area contributed by atoms with E-state index >= 15 is 0 Å². The largest absolute Gasteiger partial charge is 0.465 e. The van der Waals surface area contributed by atoms with E-state index in [0.717, 1.165) is 6.54 Å². The molecule has 0 aromatic carbocycles. The van der Waals surface area contributed by atoms with E-state index in [4.69, 9.17) is 4.74 Å². The molecule has 1 saturated heterocycles. The van der Waals surface area contributed by atoms with Crippen molar-refractivity contribution in [2.75, 3.05) is 32.8 Å². The molecule has 15 heavy (non-hydrogen) atoms. The number of hydrogen-bond acceptors (Lipinski definition) is 4. The van der Waals surface area contributed by atoms with Crippen LogP contribution in [0.5, 0.6) is 0 Å². The summed E-state index contributed by atoms with van der Waals surface area (Å²) in [6.45, 7) is 8.06. The molecule has 0 spiro atoms. The molecule has 1 aliphatic heterocycles. The number of nitrogens with zero attached hydrogens (tertiary/aromatic N) is 1.